The van der Waals surface area contributed by atoms with E-state index in [2.05, 4.69) is 9.71 Å². The number of sulfonamides is 1. The van der Waals surface area contributed by atoms with Crippen LogP contribution in [0.4, 0.5) is 5.69 Å². The largest absolute Gasteiger partial charge is 0.495 e. The first-order valence-electron chi connectivity index (χ1n) is 6.06. The van der Waals surface area contributed by atoms with Crippen LogP contribution < -0.4 is 9.46 Å². The van der Waals surface area contributed by atoms with Crippen molar-refractivity contribution in [3.05, 3.63) is 48.3 Å². The number of nitrogens with zero attached hydrogens (tertiary/aromatic N) is 1. The van der Waals surface area contributed by atoms with Crippen LogP contribution in [0.2, 0.25) is 0 Å². The minimum Gasteiger partial charge on any atom is -0.495 e. The molecule has 1 aromatic heterocycles. The molecule has 7 heteroatoms. The number of pyridine rings is 1. The van der Waals surface area contributed by atoms with Crippen LogP contribution in [0, 0.1) is 0 Å². The van der Waals surface area contributed by atoms with Gasteiger partial charge in [-0.05, 0) is 37.3 Å². The molecule has 0 aliphatic rings. The summed E-state index contributed by atoms with van der Waals surface area (Å²) in [5.41, 5.74) is 0.621. The van der Waals surface area contributed by atoms with Crippen molar-refractivity contribution < 1.29 is 17.9 Å². The molecule has 2 aromatic rings. The molecule has 0 spiro atoms. The van der Waals surface area contributed by atoms with Crippen LogP contribution in [0.3, 0.4) is 0 Å². The molecule has 110 valence electrons. The van der Waals surface area contributed by atoms with Gasteiger partial charge >= 0.3 is 0 Å². The molecule has 0 atom stereocenters. The van der Waals surface area contributed by atoms with Crippen LogP contribution in [0.5, 0.6) is 5.75 Å². The summed E-state index contributed by atoms with van der Waals surface area (Å²) < 4.78 is 32.3. The van der Waals surface area contributed by atoms with Crippen molar-refractivity contribution in [2.24, 2.45) is 0 Å². The van der Waals surface area contributed by atoms with E-state index in [0.29, 0.717) is 11.3 Å². The molecule has 1 heterocycles. The second-order valence-corrected chi connectivity index (χ2v) is 5.92. The Morgan fingerprint density at radius 3 is 2.62 bits per heavy atom. The number of hydrogen-bond acceptors (Lipinski definition) is 5. The number of aromatic nitrogens is 1. The second-order valence-electron chi connectivity index (χ2n) is 4.27. The number of rotatable bonds is 5. The molecule has 0 amide bonds. The standard InChI is InChI=1S/C14H14N2O4S/c1-10(17)11-5-6-13(20-2)14(8-11)21(18,19)16-12-4-3-7-15-9-12/h3-9,16H,1-2H3. The summed E-state index contributed by atoms with van der Waals surface area (Å²) in [7, 11) is -2.51. The minimum atomic E-state index is -3.88. The summed E-state index contributed by atoms with van der Waals surface area (Å²) in [6, 6.07) is 7.45. The molecule has 21 heavy (non-hydrogen) atoms. The van der Waals surface area contributed by atoms with Crippen LogP contribution in [-0.4, -0.2) is 26.3 Å². The summed E-state index contributed by atoms with van der Waals surface area (Å²) in [5, 5.41) is 0. The molecule has 0 aliphatic heterocycles. The number of methoxy groups -OCH3 is 1. The Hall–Kier alpha value is -2.41. The predicted octanol–water partition coefficient (Wildman–Crippen LogP) is 2.09. The fraction of sp³-hybridized carbons (Fsp3) is 0.143. The third kappa shape index (κ3) is 3.38. The van der Waals surface area contributed by atoms with Crippen LogP contribution in [-0.2, 0) is 10.0 Å². The van der Waals surface area contributed by atoms with Gasteiger partial charge in [0.05, 0.1) is 19.0 Å². The molecule has 0 radical (unpaired) electrons. The maximum atomic E-state index is 12.4. The molecule has 0 bridgehead atoms. The molecule has 6 nitrogen and oxygen atoms in total. The highest BCUT2D eigenvalue weighted by molar-refractivity contribution is 7.92. The van der Waals surface area contributed by atoms with Gasteiger partial charge in [-0.15, -0.1) is 0 Å². The number of anilines is 1. The van der Waals surface area contributed by atoms with Gasteiger partial charge in [0.15, 0.2) is 5.78 Å². The molecule has 2 rings (SSSR count). The van der Waals surface area contributed by atoms with E-state index in [1.54, 1.807) is 12.1 Å². The molecule has 1 N–H and O–H groups in total. The molecule has 0 aliphatic carbocycles. The maximum Gasteiger partial charge on any atom is 0.265 e. The van der Waals surface area contributed by atoms with Crippen molar-refractivity contribution in [1.82, 2.24) is 4.98 Å². The van der Waals surface area contributed by atoms with E-state index in [1.807, 2.05) is 0 Å². The zero-order valence-electron chi connectivity index (χ0n) is 11.5. The number of carbonyl (C=O) groups excluding carboxylic acids is 1. The van der Waals surface area contributed by atoms with E-state index >= 15 is 0 Å². The normalized spacial score (nSPS) is 11.0. The Morgan fingerprint density at radius 2 is 2.05 bits per heavy atom. The number of ketones is 1. The number of nitrogens with one attached hydrogen (secondary N) is 1. The van der Waals surface area contributed by atoms with Crippen molar-refractivity contribution in [2.75, 3.05) is 11.8 Å². The fourth-order valence-corrected chi connectivity index (χ4v) is 2.98. The Labute approximate surface area is 122 Å². The monoisotopic (exact) mass is 306 g/mol. The number of benzene rings is 1. The lowest BCUT2D eigenvalue weighted by atomic mass is 10.1. The highest BCUT2D eigenvalue weighted by Gasteiger charge is 2.21. The molecule has 1 aromatic carbocycles. The van der Waals surface area contributed by atoms with Gasteiger partial charge in [-0.3, -0.25) is 14.5 Å². The number of hydrogen-bond donors (Lipinski definition) is 1. The van der Waals surface area contributed by atoms with E-state index in [1.165, 1.54) is 44.6 Å². The Kier molecular flexibility index (Phi) is 4.23. The van der Waals surface area contributed by atoms with Crippen LogP contribution in [0.1, 0.15) is 17.3 Å². The van der Waals surface area contributed by atoms with E-state index in [4.69, 9.17) is 4.74 Å². The van der Waals surface area contributed by atoms with Crippen LogP contribution in [0.25, 0.3) is 0 Å². The van der Waals surface area contributed by atoms with Crippen molar-refractivity contribution in [2.45, 2.75) is 11.8 Å². The van der Waals surface area contributed by atoms with Gasteiger partial charge in [-0.25, -0.2) is 8.42 Å². The highest BCUT2D eigenvalue weighted by atomic mass is 32.2. The van der Waals surface area contributed by atoms with Crippen LogP contribution >= 0.6 is 0 Å². The van der Waals surface area contributed by atoms with Gasteiger partial charge in [-0.1, -0.05) is 0 Å². The van der Waals surface area contributed by atoms with Crippen molar-refractivity contribution >= 4 is 21.5 Å². The number of carbonyl (C=O) groups is 1. The molecule has 0 unspecified atom stereocenters. The highest BCUT2D eigenvalue weighted by Crippen LogP contribution is 2.27. The SMILES string of the molecule is COc1ccc(C(C)=O)cc1S(=O)(=O)Nc1cccnc1. The molecular formula is C14H14N2O4S. The average Bonchev–Trinajstić information content (AvgIpc) is 2.47. The zero-order chi connectivity index (χ0) is 15.5. The first-order chi connectivity index (χ1) is 9.94. The van der Waals surface area contributed by atoms with Gasteiger partial charge in [0.1, 0.15) is 10.6 Å². The van der Waals surface area contributed by atoms with E-state index in [-0.39, 0.29) is 16.4 Å². The first kappa shape index (κ1) is 15.0. The average molecular weight is 306 g/mol. The predicted molar refractivity (Wildman–Crippen MR) is 78.0 cm³/mol. The van der Waals surface area contributed by atoms with Gasteiger partial charge in [-0.2, -0.15) is 0 Å². The minimum absolute atomic E-state index is 0.0958. The lowest BCUT2D eigenvalue weighted by molar-refractivity contribution is 0.101. The first-order valence-corrected chi connectivity index (χ1v) is 7.54. The third-order valence-corrected chi connectivity index (χ3v) is 4.18. The summed E-state index contributed by atoms with van der Waals surface area (Å²) in [6.45, 7) is 1.37. The molecule has 0 fully saturated rings. The molecular weight excluding hydrogens is 292 g/mol. The van der Waals surface area contributed by atoms with Gasteiger partial charge in [0, 0.05) is 11.8 Å². The number of ether oxygens (including phenoxy) is 1. The van der Waals surface area contributed by atoms with Gasteiger partial charge in [0.2, 0.25) is 0 Å². The van der Waals surface area contributed by atoms with E-state index in [9.17, 15) is 13.2 Å². The Balaban J connectivity index is 2.48. The van der Waals surface area contributed by atoms with Crippen LogP contribution in [0.15, 0.2) is 47.6 Å². The lowest BCUT2D eigenvalue weighted by Gasteiger charge is -2.12. The summed E-state index contributed by atoms with van der Waals surface area (Å²) in [4.78, 5) is 15.2. The van der Waals surface area contributed by atoms with Crippen molar-refractivity contribution in [3.8, 4) is 5.75 Å². The van der Waals surface area contributed by atoms with Crippen molar-refractivity contribution in [1.29, 1.82) is 0 Å². The zero-order valence-corrected chi connectivity index (χ0v) is 12.3. The summed E-state index contributed by atoms with van der Waals surface area (Å²) in [5.74, 6) is -0.0631. The Morgan fingerprint density at radius 1 is 1.29 bits per heavy atom. The number of Topliss-reactive ketones (excluding diaryl/α,β-unsaturated/α-hetero) is 1. The molecule has 0 saturated carbocycles. The quantitative estimate of drug-likeness (QED) is 0.855. The summed E-state index contributed by atoms with van der Waals surface area (Å²) in [6.07, 6.45) is 2.92. The lowest BCUT2D eigenvalue weighted by Crippen LogP contribution is -2.15. The van der Waals surface area contributed by atoms with Gasteiger partial charge in [0.25, 0.3) is 10.0 Å². The van der Waals surface area contributed by atoms with Gasteiger partial charge < -0.3 is 4.74 Å². The molecule has 0 saturated heterocycles. The third-order valence-electron chi connectivity index (χ3n) is 2.77. The summed E-state index contributed by atoms with van der Waals surface area (Å²) >= 11 is 0. The van der Waals surface area contributed by atoms with E-state index < -0.39 is 10.0 Å². The second kappa shape index (κ2) is 5.92. The fourth-order valence-electron chi connectivity index (χ4n) is 1.74. The van der Waals surface area contributed by atoms with Crippen molar-refractivity contribution in [3.63, 3.8) is 0 Å². The topological polar surface area (TPSA) is 85.4 Å². The maximum absolute atomic E-state index is 12.4. The smallest absolute Gasteiger partial charge is 0.265 e. The van der Waals surface area contributed by atoms with E-state index in [0.717, 1.165) is 0 Å². The Bertz CT molecular complexity index is 758.